The number of imidazole rings is 1. The summed E-state index contributed by atoms with van der Waals surface area (Å²) in [7, 11) is 0. The number of rotatable bonds is 10. The van der Waals surface area contributed by atoms with Gasteiger partial charge in [0.15, 0.2) is 0 Å². The second-order valence-electron chi connectivity index (χ2n) is 9.92. The second kappa shape index (κ2) is 12.5. The number of benzene rings is 2. The first kappa shape index (κ1) is 28.1. The van der Waals surface area contributed by atoms with E-state index in [9.17, 15) is 4.79 Å². The van der Waals surface area contributed by atoms with Crippen molar-refractivity contribution >= 4 is 45.8 Å². The van der Waals surface area contributed by atoms with Crippen molar-refractivity contribution in [3.63, 3.8) is 0 Å². The number of hydrogen-bond acceptors (Lipinski definition) is 9. The summed E-state index contributed by atoms with van der Waals surface area (Å²) in [6.07, 6.45) is 4.97. The molecule has 2 aromatic carbocycles. The number of carbonyl (C=O) groups excluding carboxylic acids is 1. The van der Waals surface area contributed by atoms with Crippen LogP contribution >= 0.6 is 22.9 Å². The largest absolute Gasteiger partial charge is 0.484 e. The summed E-state index contributed by atoms with van der Waals surface area (Å²) < 4.78 is 13.5. The molecule has 10 nitrogen and oxygen atoms in total. The third-order valence-corrected chi connectivity index (χ3v) is 8.61. The molecule has 1 aliphatic heterocycles. The normalized spacial score (nSPS) is 14.6. The van der Waals surface area contributed by atoms with Gasteiger partial charge in [0, 0.05) is 60.8 Å². The molecule has 0 radical (unpaired) electrons. The van der Waals surface area contributed by atoms with Crippen molar-refractivity contribution in [2.45, 2.75) is 13.0 Å². The number of aromatic nitrogens is 4. The molecule has 3 aromatic heterocycles. The van der Waals surface area contributed by atoms with Crippen molar-refractivity contribution < 1.29 is 14.3 Å². The number of carbonyl (C=O) groups is 1. The fourth-order valence-electron chi connectivity index (χ4n) is 4.89. The summed E-state index contributed by atoms with van der Waals surface area (Å²) in [5.74, 6) is 0.449. The Morgan fingerprint density at radius 3 is 2.67 bits per heavy atom. The highest BCUT2D eigenvalue weighted by Crippen LogP contribution is 2.37. The summed E-state index contributed by atoms with van der Waals surface area (Å²) in [4.78, 5) is 28.6. The van der Waals surface area contributed by atoms with Crippen molar-refractivity contribution in [3.05, 3.63) is 82.7 Å². The van der Waals surface area contributed by atoms with Crippen molar-refractivity contribution in [1.29, 1.82) is 0 Å². The monoisotopic (exact) mass is 603 g/mol. The van der Waals surface area contributed by atoms with E-state index in [1.165, 1.54) is 11.3 Å². The number of halogens is 1. The number of hydrogen-bond donors (Lipinski definition) is 2. The van der Waals surface area contributed by atoms with E-state index in [1.807, 2.05) is 72.4 Å². The molecule has 216 valence electrons. The molecule has 1 unspecified atom stereocenters. The molecule has 0 saturated carbocycles. The van der Waals surface area contributed by atoms with Gasteiger partial charge in [-0.1, -0.05) is 35.9 Å². The fourth-order valence-corrected chi connectivity index (χ4v) is 6.10. The molecule has 1 aliphatic rings. The van der Waals surface area contributed by atoms with Crippen LogP contribution in [0, 0.1) is 0 Å². The van der Waals surface area contributed by atoms with Crippen LogP contribution in [0.15, 0.2) is 67.3 Å². The molecular weight excluding hydrogens is 574 g/mol. The number of anilines is 1. The maximum atomic E-state index is 12.3. The lowest BCUT2D eigenvalue weighted by molar-refractivity contribution is 0.0398. The van der Waals surface area contributed by atoms with E-state index >= 15 is 0 Å². The molecule has 4 heterocycles. The van der Waals surface area contributed by atoms with E-state index in [2.05, 4.69) is 25.2 Å². The predicted octanol–water partition coefficient (Wildman–Crippen LogP) is 5.18. The molecule has 1 fully saturated rings. The highest BCUT2D eigenvalue weighted by atomic mass is 35.5. The Hall–Kier alpha value is -4.03. The molecule has 12 heteroatoms. The first-order valence-electron chi connectivity index (χ1n) is 13.6. The van der Waals surface area contributed by atoms with Gasteiger partial charge < -0.3 is 20.5 Å². The van der Waals surface area contributed by atoms with Gasteiger partial charge in [-0.2, -0.15) is 0 Å². The van der Waals surface area contributed by atoms with E-state index in [1.54, 1.807) is 6.33 Å². The summed E-state index contributed by atoms with van der Waals surface area (Å²) >= 11 is 7.61. The van der Waals surface area contributed by atoms with Crippen LogP contribution in [0.4, 0.5) is 5.95 Å². The highest BCUT2D eigenvalue weighted by molar-refractivity contribution is 7.16. The lowest BCUT2D eigenvalue weighted by atomic mass is 10.1. The van der Waals surface area contributed by atoms with Gasteiger partial charge in [-0.3, -0.25) is 14.3 Å². The molecule has 5 aromatic rings. The van der Waals surface area contributed by atoms with Crippen molar-refractivity contribution in [3.8, 4) is 21.9 Å². The van der Waals surface area contributed by atoms with Gasteiger partial charge in [0.1, 0.15) is 28.1 Å². The number of nitrogens with two attached hydrogens (primary N) is 1. The number of morpholine rings is 1. The van der Waals surface area contributed by atoms with Crippen molar-refractivity contribution in [2.75, 3.05) is 44.7 Å². The van der Waals surface area contributed by atoms with Crippen LogP contribution in [0.25, 0.3) is 27.2 Å². The Morgan fingerprint density at radius 2 is 1.90 bits per heavy atom. The fraction of sp³-hybridized carbons (Fsp3) is 0.267. The Labute approximate surface area is 252 Å². The number of amides is 1. The summed E-state index contributed by atoms with van der Waals surface area (Å²) in [5.41, 5.74) is 10.0. The zero-order valence-electron chi connectivity index (χ0n) is 23.0. The molecule has 1 atom stereocenters. The zero-order valence-corrected chi connectivity index (χ0v) is 24.6. The molecular formula is C30H30ClN7O3S. The average molecular weight is 604 g/mol. The Morgan fingerprint density at radius 1 is 1.12 bits per heavy atom. The van der Waals surface area contributed by atoms with Crippen LogP contribution in [0.3, 0.4) is 0 Å². The highest BCUT2D eigenvalue weighted by Gasteiger charge is 2.21. The number of ether oxygens (including phenoxy) is 2. The molecule has 0 spiro atoms. The quantitative estimate of drug-likeness (QED) is 0.224. The maximum Gasteiger partial charge on any atom is 0.262 e. The molecule has 42 heavy (non-hydrogen) atoms. The Bertz CT molecular complexity index is 1700. The number of nitrogens with zero attached hydrogens (tertiary/aromatic N) is 5. The molecule has 3 N–H and O–H groups in total. The van der Waals surface area contributed by atoms with Crippen LogP contribution in [0.2, 0.25) is 5.02 Å². The minimum absolute atomic E-state index is 0.332. The summed E-state index contributed by atoms with van der Waals surface area (Å²) in [5, 5.41) is 4.65. The van der Waals surface area contributed by atoms with Gasteiger partial charge in [0.25, 0.3) is 5.91 Å². The first-order chi connectivity index (χ1) is 20.5. The number of thiophene rings is 1. The lowest BCUT2D eigenvalue weighted by Gasteiger charge is -2.26. The Kier molecular flexibility index (Phi) is 8.34. The smallest absolute Gasteiger partial charge is 0.262 e. The molecule has 6 rings (SSSR count). The van der Waals surface area contributed by atoms with Crippen molar-refractivity contribution in [1.82, 2.24) is 24.4 Å². The standard InChI is InChI=1S/C30H30ClN7O3S/c1-19(22-4-2-3-5-23(22)31)41-26-15-27(42-28(26)29(32)39)38-18-36-24-14-20(6-7-25(24)38)21-16-34-30(35-17-21)33-8-9-37-10-12-40-13-11-37/h2-7,14-19H,8-13H2,1H3,(H2,32,39)(H,33,34,35). The Balaban J connectivity index is 1.18. The van der Waals surface area contributed by atoms with Crippen LogP contribution in [-0.2, 0) is 4.74 Å². The van der Waals surface area contributed by atoms with E-state index in [0.29, 0.717) is 21.6 Å². The van der Waals surface area contributed by atoms with E-state index in [-0.39, 0.29) is 6.10 Å². The van der Waals surface area contributed by atoms with Gasteiger partial charge in [-0.15, -0.1) is 11.3 Å². The summed E-state index contributed by atoms with van der Waals surface area (Å²) in [6, 6.07) is 15.3. The van der Waals surface area contributed by atoms with Gasteiger partial charge >= 0.3 is 0 Å². The average Bonchev–Trinajstić information content (AvgIpc) is 3.62. The van der Waals surface area contributed by atoms with E-state index in [4.69, 9.17) is 26.8 Å². The molecule has 0 aliphatic carbocycles. The first-order valence-corrected chi connectivity index (χ1v) is 14.8. The number of primary amides is 1. The van der Waals surface area contributed by atoms with E-state index < -0.39 is 5.91 Å². The van der Waals surface area contributed by atoms with Gasteiger partial charge in [0.05, 0.1) is 24.2 Å². The molecule has 0 bridgehead atoms. The summed E-state index contributed by atoms with van der Waals surface area (Å²) in [6.45, 7) is 7.06. The van der Waals surface area contributed by atoms with Crippen LogP contribution < -0.4 is 15.8 Å². The predicted molar refractivity (Wildman–Crippen MR) is 165 cm³/mol. The van der Waals surface area contributed by atoms with Crippen LogP contribution in [-0.4, -0.2) is 69.7 Å². The molecule has 1 amide bonds. The van der Waals surface area contributed by atoms with Gasteiger partial charge in [-0.05, 0) is 30.7 Å². The second-order valence-corrected chi connectivity index (χ2v) is 11.4. The minimum Gasteiger partial charge on any atom is -0.484 e. The SMILES string of the molecule is CC(Oc1cc(-n2cnc3cc(-c4cnc(NCCN5CCOCC5)nc4)ccc32)sc1C(N)=O)c1ccccc1Cl. The van der Waals surface area contributed by atoms with Crippen molar-refractivity contribution in [2.24, 2.45) is 5.73 Å². The van der Waals surface area contributed by atoms with Crippen LogP contribution in [0.5, 0.6) is 5.75 Å². The number of fused-ring (bicyclic) bond motifs is 1. The number of nitrogens with one attached hydrogen (secondary N) is 1. The zero-order chi connectivity index (χ0) is 29.1. The maximum absolute atomic E-state index is 12.3. The lowest BCUT2D eigenvalue weighted by Crippen LogP contribution is -2.39. The topological polar surface area (TPSA) is 120 Å². The van der Waals surface area contributed by atoms with Crippen LogP contribution in [0.1, 0.15) is 28.3 Å². The third kappa shape index (κ3) is 6.09. The minimum atomic E-state index is -0.557. The van der Waals surface area contributed by atoms with E-state index in [0.717, 1.165) is 72.1 Å². The van der Waals surface area contributed by atoms with Gasteiger partial charge in [0.2, 0.25) is 5.95 Å². The van der Waals surface area contributed by atoms with Gasteiger partial charge in [-0.25, -0.2) is 15.0 Å². The molecule has 1 saturated heterocycles. The third-order valence-electron chi connectivity index (χ3n) is 7.14.